The Morgan fingerprint density at radius 3 is 2.26 bits per heavy atom. The average molecular weight is 520 g/mol. The monoisotopic (exact) mass is 519 g/mol. The first-order chi connectivity index (χ1) is 16.9. The number of aliphatic hydroxyl groups is 1. The number of halogens is 1. The molecule has 10 heteroatoms. The van der Waals surface area contributed by atoms with E-state index in [9.17, 15) is 19.8 Å². The first-order valence-electron chi connectivity index (χ1n) is 11.9. The van der Waals surface area contributed by atoms with Crippen LogP contribution in [0.2, 0.25) is 5.02 Å². The quantitative estimate of drug-likeness (QED) is 0.440. The van der Waals surface area contributed by atoms with E-state index >= 15 is 0 Å². The highest BCUT2D eigenvalue weighted by Gasteiger charge is 2.27. The number of hydrogen-bond donors (Lipinski definition) is 4. The first kappa shape index (κ1) is 25.6. The number of aromatic hydroxyl groups is 1. The maximum absolute atomic E-state index is 13.1. The standard InChI is InChI=1S/C25H30ClN3O5S/c26-16-12-21(25(27-13-16)34-19-7-9-35-10-8-19)24(33)29-18-4-2-17(3-5-18)28-23(32)20-11-15(14-30)1-6-22(20)31/h1,6,11-13,17-19,30-31H,2-5,7-10,14H2,(H,28,32)(H,29,33). The molecule has 1 aromatic carbocycles. The molecule has 1 aliphatic carbocycles. The third-order valence-corrected chi connectivity index (χ3v) is 7.65. The Morgan fingerprint density at radius 1 is 1.00 bits per heavy atom. The van der Waals surface area contributed by atoms with Gasteiger partial charge in [0.25, 0.3) is 11.8 Å². The van der Waals surface area contributed by atoms with Gasteiger partial charge < -0.3 is 25.6 Å². The maximum atomic E-state index is 13.1. The van der Waals surface area contributed by atoms with Gasteiger partial charge in [0.2, 0.25) is 5.88 Å². The Hall–Kier alpha value is -2.49. The molecule has 0 atom stereocenters. The van der Waals surface area contributed by atoms with Gasteiger partial charge in [-0.3, -0.25) is 9.59 Å². The largest absolute Gasteiger partial charge is 0.507 e. The number of hydrogen-bond acceptors (Lipinski definition) is 7. The molecule has 1 saturated carbocycles. The van der Waals surface area contributed by atoms with Crippen molar-refractivity contribution in [2.75, 3.05) is 11.5 Å². The second kappa shape index (κ2) is 12.0. The van der Waals surface area contributed by atoms with E-state index in [4.69, 9.17) is 16.3 Å². The van der Waals surface area contributed by atoms with Crippen molar-refractivity contribution in [1.82, 2.24) is 15.6 Å². The summed E-state index contributed by atoms with van der Waals surface area (Å²) in [6, 6.07) is 5.95. The Bertz CT molecular complexity index is 1060. The van der Waals surface area contributed by atoms with Crippen LogP contribution in [-0.2, 0) is 6.61 Å². The zero-order chi connectivity index (χ0) is 24.8. The van der Waals surface area contributed by atoms with Gasteiger partial charge in [-0.05, 0) is 73.8 Å². The number of aliphatic hydroxyl groups excluding tert-OH is 1. The summed E-state index contributed by atoms with van der Waals surface area (Å²) in [4.78, 5) is 30.0. The number of benzene rings is 1. The van der Waals surface area contributed by atoms with E-state index in [0.717, 1.165) is 24.3 Å². The molecule has 0 bridgehead atoms. The molecule has 2 aromatic rings. The van der Waals surface area contributed by atoms with E-state index in [1.807, 2.05) is 11.8 Å². The third kappa shape index (κ3) is 6.80. The van der Waals surface area contributed by atoms with Crippen molar-refractivity contribution in [2.24, 2.45) is 0 Å². The lowest BCUT2D eigenvalue weighted by Gasteiger charge is -2.30. The van der Waals surface area contributed by atoms with Crippen LogP contribution in [0.1, 0.15) is 64.8 Å². The van der Waals surface area contributed by atoms with E-state index in [-0.39, 0.29) is 47.9 Å². The zero-order valence-electron chi connectivity index (χ0n) is 19.3. The number of thioether (sulfide) groups is 1. The lowest BCUT2D eigenvalue weighted by atomic mass is 9.90. The average Bonchev–Trinajstić information content (AvgIpc) is 2.87. The van der Waals surface area contributed by atoms with Crippen molar-refractivity contribution in [3.8, 4) is 11.6 Å². The van der Waals surface area contributed by atoms with Gasteiger partial charge in [0, 0.05) is 18.3 Å². The van der Waals surface area contributed by atoms with E-state index < -0.39 is 0 Å². The number of phenolic OH excluding ortho intramolecular Hbond substituents is 1. The smallest absolute Gasteiger partial charge is 0.257 e. The number of ether oxygens (including phenoxy) is 1. The van der Waals surface area contributed by atoms with E-state index in [1.54, 1.807) is 12.1 Å². The number of carbonyl (C=O) groups is 2. The summed E-state index contributed by atoms with van der Waals surface area (Å²) in [5.41, 5.74) is 1.04. The number of aromatic nitrogens is 1. The Kier molecular flexibility index (Phi) is 8.75. The van der Waals surface area contributed by atoms with Crippen LogP contribution in [0.25, 0.3) is 0 Å². The van der Waals surface area contributed by atoms with Crippen LogP contribution in [-0.4, -0.2) is 56.7 Å². The van der Waals surface area contributed by atoms with Crippen molar-refractivity contribution in [1.29, 1.82) is 0 Å². The number of amides is 2. The highest BCUT2D eigenvalue weighted by molar-refractivity contribution is 7.99. The molecule has 1 saturated heterocycles. The van der Waals surface area contributed by atoms with E-state index in [1.165, 1.54) is 18.3 Å². The molecule has 2 aliphatic rings. The number of phenols is 1. The van der Waals surface area contributed by atoms with Gasteiger partial charge in [-0.2, -0.15) is 11.8 Å². The SMILES string of the molecule is O=C(NC1CCC(NC(=O)c2cc(Cl)cnc2OC2CCSCC2)CC1)c1cc(CO)ccc1O. The molecule has 1 aliphatic heterocycles. The summed E-state index contributed by atoms with van der Waals surface area (Å²) < 4.78 is 6.05. The second-order valence-electron chi connectivity index (χ2n) is 8.94. The van der Waals surface area contributed by atoms with Crippen LogP contribution in [0.3, 0.4) is 0 Å². The van der Waals surface area contributed by atoms with Crippen LogP contribution in [0.15, 0.2) is 30.5 Å². The van der Waals surface area contributed by atoms with Gasteiger partial charge >= 0.3 is 0 Å². The molecule has 0 radical (unpaired) electrons. The lowest BCUT2D eigenvalue weighted by Crippen LogP contribution is -2.44. The van der Waals surface area contributed by atoms with Crippen molar-refractivity contribution in [3.63, 3.8) is 0 Å². The summed E-state index contributed by atoms with van der Waals surface area (Å²) in [7, 11) is 0. The molecule has 0 spiro atoms. The van der Waals surface area contributed by atoms with Gasteiger partial charge in [0.15, 0.2) is 0 Å². The minimum atomic E-state index is -0.377. The Labute approximate surface area is 213 Å². The number of pyridine rings is 1. The summed E-state index contributed by atoms with van der Waals surface area (Å²) in [6.45, 7) is -0.208. The molecular weight excluding hydrogens is 490 g/mol. The van der Waals surface area contributed by atoms with Crippen LogP contribution in [0.4, 0.5) is 0 Å². The molecule has 0 unspecified atom stereocenters. The maximum Gasteiger partial charge on any atom is 0.257 e. The molecule has 2 heterocycles. The lowest BCUT2D eigenvalue weighted by molar-refractivity contribution is 0.0884. The fraction of sp³-hybridized carbons (Fsp3) is 0.480. The van der Waals surface area contributed by atoms with Crippen LogP contribution >= 0.6 is 23.4 Å². The van der Waals surface area contributed by atoms with Crippen LogP contribution in [0.5, 0.6) is 11.6 Å². The fourth-order valence-electron chi connectivity index (χ4n) is 4.41. The first-order valence-corrected chi connectivity index (χ1v) is 13.4. The van der Waals surface area contributed by atoms with Crippen LogP contribution in [0, 0.1) is 0 Å². The highest BCUT2D eigenvalue weighted by Crippen LogP contribution is 2.27. The normalized spacial score (nSPS) is 20.7. The second-order valence-corrected chi connectivity index (χ2v) is 10.6. The molecule has 1 aromatic heterocycles. The van der Waals surface area contributed by atoms with E-state index in [2.05, 4.69) is 15.6 Å². The number of nitrogens with zero attached hydrogens (tertiary/aromatic N) is 1. The Balaban J connectivity index is 1.31. The van der Waals surface area contributed by atoms with Crippen molar-refractivity contribution in [3.05, 3.63) is 52.2 Å². The highest BCUT2D eigenvalue weighted by atomic mass is 35.5. The van der Waals surface area contributed by atoms with Gasteiger partial charge in [0.1, 0.15) is 17.4 Å². The van der Waals surface area contributed by atoms with Crippen molar-refractivity contribution < 1.29 is 24.5 Å². The molecule has 2 amide bonds. The van der Waals surface area contributed by atoms with Crippen molar-refractivity contribution >= 4 is 35.2 Å². The number of carbonyl (C=O) groups excluding carboxylic acids is 2. The Morgan fingerprint density at radius 2 is 1.63 bits per heavy atom. The van der Waals surface area contributed by atoms with Gasteiger partial charge in [0.05, 0.1) is 17.2 Å². The molecule has 8 nitrogen and oxygen atoms in total. The minimum Gasteiger partial charge on any atom is -0.507 e. The van der Waals surface area contributed by atoms with Gasteiger partial charge in [-0.25, -0.2) is 4.98 Å². The van der Waals surface area contributed by atoms with Crippen LogP contribution < -0.4 is 15.4 Å². The topological polar surface area (TPSA) is 121 Å². The molecule has 35 heavy (non-hydrogen) atoms. The minimum absolute atomic E-state index is 0.0420. The summed E-state index contributed by atoms with van der Waals surface area (Å²) in [5.74, 6) is 1.62. The summed E-state index contributed by atoms with van der Waals surface area (Å²) in [5, 5.41) is 25.7. The predicted molar refractivity (Wildman–Crippen MR) is 135 cm³/mol. The zero-order valence-corrected chi connectivity index (χ0v) is 20.9. The number of rotatable bonds is 7. The fourth-order valence-corrected chi connectivity index (χ4v) is 5.63. The molecule has 4 rings (SSSR count). The number of nitrogens with one attached hydrogen (secondary N) is 2. The molecule has 2 fully saturated rings. The van der Waals surface area contributed by atoms with E-state index in [0.29, 0.717) is 47.7 Å². The molecule has 188 valence electrons. The predicted octanol–water partition coefficient (Wildman–Crippen LogP) is 3.68. The molecule has 4 N–H and O–H groups in total. The summed E-state index contributed by atoms with van der Waals surface area (Å²) in [6.07, 6.45) is 6.16. The third-order valence-electron chi connectivity index (χ3n) is 6.39. The van der Waals surface area contributed by atoms with Gasteiger partial charge in [-0.1, -0.05) is 17.7 Å². The molecular formula is C25H30ClN3O5S. The van der Waals surface area contributed by atoms with Crippen molar-refractivity contribution in [2.45, 2.75) is 63.3 Å². The van der Waals surface area contributed by atoms with Gasteiger partial charge in [-0.15, -0.1) is 0 Å². The summed E-state index contributed by atoms with van der Waals surface area (Å²) >= 11 is 8.02.